The molecule has 0 N–H and O–H groups in total. The van der Waals surface area contributed by atoms with Gasteiger partial charge >= 0.3 is 0 Å². The summed E-state index contributed by atoms with van der Waals surface area (Å²) in [7, 11) is -3.65. The fraction of sp³-hybridized carbons (Fsp3) is 0.500. The smallest absolute Gasteiger partial charge is 0.243 e. The predicted molar refractivity (Wildman–Crippen MR) is 79.6 cm³/mol. The maximum absolute atomic E-state index is 12.7. The van der Waals surface area contributed by atoms with E-state index in [1.54, 1.807) is 0 Å². The molecule has 1 saturated heterocycles. The number of ether oxygens (including phenoxy) is 1. The van der Waals surface area contributed by atoms with E-state index in [1.165, 1.54) is 22.5 Å². The van der Waals surface area contributed by atoms with Crippen molar-refractivity contribution < 1.29 is 13.2 Å². The highest BCUT2D eigenvalue weighted by Crippen LogP contribution is 2.28. The molecule has 1 fully saturated rings. The third kappa shape index (κ3) is 3.38. The Hall–Kier alpha value is -1.13. The van der Waals surface area contributed by atoms with Crippen LogP contribution in [0.1, 0.15) is 26.3 Å². The van der Waals surface area contributed by atoms with Crippen molar-refractivity contribution in [2.45, 2.75) is 37.4 Å². The molecule has 0 bridgehead atoms. The monoisotopic (exact) mass is 328 g/mol. The van der Waals surface area contributed by atoms with Crippen molar-refractivity contribution in [1.82, 2.24) is 4.31 Å². The van der Waals surface area contributed by atoms with Crippen molar-refractivity contribution in [3.8, 4) is 6.07 Å². The van der Waals surface area contributed by atoms with Gasteiger partial charge in [0.2, 0.25) is 10.0 Å². The number of hydrogen-bond donors (Lipinski definition) is 0. The standard InChI is InChI=1S/C14H17ClN2O3S/c1-10-8-17(9-14(2,3)20-10)21(18,19)12-5-4-11(7-16)13(15)6-12/h4-6,10H,8-9H2,1-3H3. The van der Waals surface area contributed by atoms with Gasteiger partial charge in [0.05, 0.1) is 27.2 Å². The van der Waals surface area contributed by atoms with Crippen LogP contribution in [-0.4, -0.2) is 37.5 Å². The molecule has 1 aliphatic rings. The highest BCUT2D eigenvalue weighted by atomic mass is 35.5. The Morgan fingerprint density at radius 3 is 2.67 bits per heavy atom. The Labute approximate surface area is 130 Å². The van der Waals surface area contributed by atoms with Crippen molar-refractivity contribution in [3.63, 3.8) is 0 Å². The number of halogens is 1. The van der Waals surface area contributed by atoms with E-state index < -0.39 is 15.6 Å². The Balaban J connectivity index is 2.38. The number of rotatable bonds is 2. The molecule has 0 radical (unpaired) electrons. The summed E-state index contributed by atoms with van der Waals surface area (Å²) in [6, 6.07) is 6.07. The predicted octanol–water partition coefficient (Wildman–Crippen LogP) is 2.40. The van der Waals surface area contributed by atoms with Gasteiger partial charge < -0.3 is 4.74 Å². The first-order valence-corrected chi connectivity index (χ1v) is 8.35. The van der Waals surface area contributed by atoms with Gasteiger partial charge in [-0.2, -0.15) is 9.57 Å². The Bertz CT molecular complexity index is 695. The normalized spacial score (nSPS) is 22.7. The van der Waals surface area contributed by atoms with Gasteiger partial charge in [0.25, 0.3) is 0 Å². The summed E-state index contributed by atoms with van der Waals surface area (Å²) >= 11 is 5.93. The number of benzene rings is 1. The first kappa shape index (κ1) is 16.2. The third-order valence-corrected chi connectivity index (χ3v) is 5.36. The molecule has 1 aromatic carbocycles. The van der Waals surface area contributed by atoms with Crippen molar-refractivity contribution in [1.29, 1.82) is 5.26 Å². The minimum atomic E-state index is -3.65. The van der Waals surface area contributed by atoms with E-state index in [1.807, 2.05) is 26.8 Å². The van der Waals surface area contributed by atoms with E-state index in [4.69, 9.17) is 21.6 Å². The van der Waals surface area contributed by atoms with Gasteiger partial charge in [-0.05, 0) is 39.0 Å². The van der Waals surface area contributed by atoms with Crippen molar-refractivity contribution in [2.75, 3.05) is 13.1 Å². The van der Waals surface area contributed by atoms with Crippen LogP contribution in [0.5, 0.6) is 0 Å². The average molecular weight is 329 g/mol. The number of morpholine rings is 1. The van der Waals surface area contributed by atoms with Crippen LogP contribution in [0.2, 0.25) is 5.02 Å². The molecule has 0 aromatic heterocycles. The van der Waals surface area contributed by atoms with Crippen LogP contribution in [0.15, 0.2) is 23.1 Å². The van der Waals surface area contributed by atoms with Crippen LogP contribution in [-0.2, 0) is 14.8 Å². The zero-order chi connectivity index (χ0) is 15.8. The minimum absolute atomic E-state index is 0.0939. The Morgan fingerprint density at radius 1 is 1.48 bits per heavy atom. The quantitative estimate of drug-likeness (QED) is 0.835. The van der Waals surface area contributed by atoms with Gasteiger partial charge in [-0.25, -0.2) is 8.42 Å². The van der Waals surface area contributed by atoms with Gasteiger partial charge in [0, 0.05) is 13.1 Å². The van der Waals surface area contributed by atoms with E-state index in [2.05, 4.69) is 0 Å². The summed E-state index contributed by atoms with van der Waals surface area (Å²) in [5.74, 6) is 0. The molecule has 0 aliphatic carbocycles. The molecule has 0 amide bonds. The molecule has 21 heavy (non-hydrogen) atoms. The summed E-state index contributed by atoms with van der Waals surface area (Å²) in [4.78, 5) is 0.0939. The molecule has 7 heteroatoms. The number of nitrogens with zero attached hydrogens (tertiary/aromatic N) is 2. The lowest BCUT2D eigenvalue weighted by molar-refractivity contribution is -0.109. The van der Waals surface area contributed by atoms with Gasteiger partial charge in [-0.15, -0.1) is 0 Å². The molecule has 0 spiro atoms. The molecule has 1 heterocycles. The molecule has 1 aromatic rings. The largest absolute Gasteiger partial charge is 0.370 e. The molecule has 1 aliphatic heterocycles. The number of hydrogen-bond acceptors (Lipinski definition) is 4. The van der Waals surface area contributed by atoms with E-state index in [-0.39, 0.29) is 28.1 Å². The zero-order valence-corrected chi connectivity index (χ0v) is 13.7. The van der Waals surface area contributed by atoms with Crippen LogP contribution >= 0.6 is 11.6 Å². The first-order valence-electron chi connectivity index (χ1n) is 6.53. The summed E-state index contributed by atoms with van der Waals surface area (Å²) < 4.78 is 32.5. The van der Waals surface area contributed by atoms with Crippen LogP contribution < -0.4 is 0 Å². The lowest BCUT2D eigenvalue weighted by Gasteiger charge is -2.40. The molecule has 1 atom stereocenters. The van der Waals surface area contributed by atoms with Gasteiger partial charge in [0.15, 0.2) is 0 Å². The lowest BCUT2D eigenvalue weighted by Crippen LogP contribution is -2.53. The van der Waals surface area contributed by atoms with Crippen molar-refractivity contribution >= 4 is 21.6 Å². The maximum atomic E-state index is 12.7. The van der Waals surface area contributed by atoms with Crippen molar-refractivity contribution in [2.24, 2.45) is 0 Å². The third-order valence-electron chi connectivity index (χ3n) is 3.24. The maximum Gasteiger partial charge on any atom is 0.243 e. The van der Waals surface area contributed by atoms with E-state index in [0.717, 1.165) is 0 Å². The zero-order valence-electron chi connectivity index (χ0n) is 12.1. The highest BCUT2D eigenvalue weighted by molar-refractivity contribution is 7.89. The summed E-state index contributed by atoms with van der Waals surface area (Å²) in [5.41, 5.74) is -0.285. The van der Waals surface area contributed by atoms with Crippen molar-refractivity contribution in [3.05, 3.63) is 28.8 Å². The van der Waals surface area contributed by atoms with Gasteiger partial charge in [-0.1, -0.05) is 11.6 Å². The summed E-state index contributed by atoms with van der Waals surface area (Å²) in [5, 5.41) is 8.99. The second-order valence-electron chi connectivity index (χ2n) is 5.74. The lowest BCUT2D eigenvalue weighted by atomic mass is 10.1. The van der Waals surface area contributed by atoms with Crippen LogP contribution in [0, 0.1) is 11.3 Å². The molecule has 114 valence electrons. The average Bonchev–Trinajstić information content (AvgIpc) is 2.36. The van der Waals surface area contributed by atoms with Crippen LogP contribution in [0.3, 0.4) is 0 Å². The minimum Gasteiger partial charge on any atom is -0.370 e. The van der Waals surface area contributed by atoms with E-state index in [0.29, 0.717) is 6.54 Å². The molecule has 2 rings (SSSR count). The SMILES string of the molecule is CC1CN(S(=O)(=O)c2ccc(C#N)c(Cl)c2)CC(C)(C)O1. The second kappa shape index (κ2) is 5.58. The van der Waals surface area contributed by atoms with E-state index in [9.17, 15) is 8.42 Å². The summed E-state index contributed by atoms with van der Waals surface area (Å²) in [6.07, 6.45) is -0.183. The second-order valence-corrected chi connectivity index (χ2v) is 8.08. The fourth-order valence-corrected chi connectivity index (χ4v) is 4.45. The van der Waals surface area contributed by atoms with Crippen LogP contribution in [0.25, 0.3) is 0 Å². The topological polar surface area (TPSA) is 70.4 Å². The molecular formula is C14H17ClN2O3S. The molecule has 0 saturated carbocycles. The van der Waals surface area contributed by atoms with Gasteiger partial charge in [-0.3, -0.25) is 0 Å². The first-order chi connectivity index (χ1) is 9.65. The van der Waals surface area contributed by atoms with Crippen LogP contribution in [0.4, 0.5) is 0 Å². The number of sulfonamides is 1. The molecular weight excluding hydrogens is 312 g/mol. The Kier molecular flexibility index (Phi) is 4.31. The summed E-state index contributed by atoms with van der Waals surface area (Å²) in [6.45, 7) is 6.13. The number of nitriles is 1. The fourth-order valence-electron chi connectivity index (χ4n) is 2.47. The van der Waals surface area contributed by atoms with E-state index >= 15 is 0 Å². The molecule has 5 nitrogen and oxygen atoms in total. The molecule has 1 unspecified atom stereocenters. The van der Waals surface area contributed by atoms with Gasteiger partial charge in [0.1, 0.15) is 6.07 Å². The Morgan fingerprint density at radius 2 is 2.14 bits per heavy atom. The highest BCUT2D eigenvalue weighted by Gasteiger charge is 2.38.